The molecule has 4 heterocycles. The molecule has 0 atom stereocenters. The quantitative estimate of drug-likeness (QED) is 0.759. The molecule has 26 heavy (non-hydrogen) atoms. The van der Waals surface area contributed by atoms with Crippen LogP contribution in [0.2, 0.25) is 0 Å². The number of nitrogens with one attached hydrogen (secondary N) is 1. The summed E-state index contributed by atoms with van der Waals surface area (Å²) in [5.41, 5.74) is 4.84. The Labute approximate surface area is 150 Å². The van der Waals surface area contributed by atoms with Crippen molar-refractivity contribution in [2.45, 2.75) is 32.2 Å². The van der Waals surface area contributed by atoms with Crippen LogP contribution in [0.5, 0.6) is 0 Å². The summed E-state index contributed by atoms with van der Waals surface area (Å²) in [6.07, 6.45) is 8.84. The topological polar surface area (TPSA) is 87.7 Å². The fourth-order valence-electron chi connectivity index (χ4n) is 3.83. The van der Waals surface area contributed by atoms with Crippen molar-refractivity contribution >= 4 is 5.82 Å². The van der Waals surface area contributed by atoms with Crippen LogP contribution in [0.1, 0.15) is 28.9 Å². The van der Waals surface area contributed by atoms with Gasteiger partial charge in [0.05, 0.1) is 24.1 Å². The van der Waals surface area contributed by atoms with Gasteiger partial charge in [-0.05, 0) is 31.4 Å². The van der Waals surface area contributed by atoms with Gasteiger partial charge in [-0.15, -0.1) is 0 Å². The molecule has 2 aliphatic rings. The van der Waals surface area contributed by atoms with Crippen molar-refractivity contribution in [1.82, 2.24) is 24.9 Å². The van der Waals surface area contributed by atoms with Crippen LogP contribution in [-0.2, 0) is 25.8 Å². The number of pyridine rings is 1. The van der Waals surface area contributed by atoms with Crippen LogP contribution < -0.4 is 10.5 Å². The summed E-state index contributed by atoms with van der Waals surface area (Å²) in [4.78, 5) is 35.3. The average Bonchev–Trinajstić information content (AvgIpc) is 3.17. The van der Waals surface area contributed by atoms with Crippen LogP contribution in [-0.4, -0.2) is 31.5 Å². The molecule has 0 radical (unpaired) electrons. The van der Waals surface area contributed by atoms with E-state index in [1.54, 1.807) is 12.4 Å². The van der Waals surface area contributed by atoms with Crippen LogP contribution in [0.4, 0.5) is 5.82 Å². The van der Waals surface area contributed by atoms with Gasteiger partial charge in [-0.1, -0.05) is 0 Å². The van der Waals surface area contributed by atoms with Gasteiger partial charge in [-0.25, -0.2) is 15.0 Å². The fourth-order valence-corrected chi connectivity index (χ4v) is 3.83. The lowest BCUT2D eigenvalue weighted by Crippen LogP contribution is -2.36. The van der Waals surface area contributed by atoms with Crippen LogP contribution in [0.15, 0.2) is 35.6 Å². The van der Waals surface area contributed by atoms with Gasteiger partial charge in [-0.2, -0.15) is 0 Å². The van der Waals surface area contributed by atoms with E-state index in [1.807, 2.05) is 12.1 Å². The molecule has 0 unspecified atom stereocenters. The molecule has 0 amide bonds. The Kier molecular flexibility index (Phi) is 3.51. The second-order valence-electron chi connectivity index (χ2n) is 6.72. The Hall–Kier alpha value is -3.09. The van der Waals surface area contributed by atoms with Gasteiger partial charge >= 0.3 is 0 Å². The highest BCUT2D eigenvalue weighted by Crippen LogP contribution is 2.33. The highest BCUT2D eigenvalue weighted by atomic mass is 16.1. The van der Waals surface area contributed by atoms with Gasteiger partial charge in [0.15, 0.2) is 5.82 Å². The summed E-state index contributed by atoms with van der Waals surface area (Å²) in [6.45, 7) is 1.34. The summed E-state index contributed by atoms with van der Waals surface area (Å²) in [6, 6.07) is 3.88. The summed E-state index contributed by atoms with van der Waals surface area (Å²) < 4.78 is 0. The number of aromatic amines is 1. The van der Waals surface area contributed by atoms with Gasteiger partial charge in [-0.3, -0.25) is 9.78 Å². The molecule has 1 aliphatic carbocycles. The van der Waals surface area contributed by atoms with E-state index >= 15 is 0 Å². The van der Waals surface area contributed by atoms with Crippen LogP contribution in [0.3, 0.4) is 0 Å². The lowest BCUT2D eigenvalue weighted by molar-refractivity contribution is 0.684. The highest BCUT2D eigenvalue weighted by molar-refractivity contribution is 5.61. The van der Waals surface area contributed by atoms with E-state index in [9.17, 15) is 4.79 Å². The van der Waals surface area contributed by atoms with Crippen molar-refractivity contribution < 1.29 is 0 Å². The number of anilines is 1. The van der Waals surface area contributed by atoms with Gasteiger partial charge in [0, 0.05) is 42.2 Å². The number of rotatable bonds is 2. The maximum atomic E-state index is 12.2. The minimum absolute atomic E-state index is 0.0575. The summed E-state index contributed by atoms with van der Waals surface area (Å²) in [5.74, 6) is 1.67. The maximum absolute atomic E-state index is 12.2. The zero-order valence-corrected chi connectivity index (χ0v) is 14.3. The van der Waals surface area contributed by atoms with Gasteiger partial charge in [0.1, 0.15) is 5.82 Å². The van der Waals surface area contributed by atoms with Crippen molar-refractivity contribution in [1.29, 1.82) is 0 Å². The van der Waals surface area contributed by atoms with Crippen LogP contribution in [0, 0.1) is 0 Å². The minimum Gasteiger partial charge on any atom is -0.351 e. The zero-order valence-electron chi connectivity index (χ0n) is 14.3. The first-order valence-electron chi connectivity index (χ1n) is 8.90. The second kappa shape index (κ2) is 6.01. The molecule has 0 saturated carbocycles. The number of aryl methyl sites for hydroxylation is 1. The predicted octanol–water partition coefficient (Wildman–Crippen LogP) is 1.67. The Morgan fingerprint density at radius 3 is 2.92 bits per heavy atom. The maximum Gasteiger partial charge on any atom is 0.255 e. The van der Waals surface area contributed by atoms with Crippen molar-refractivity contribution in [2.24, 2.45) is 0 Å². The molecule has 1 N–H and O–H groups in total. The lowest BCUT2D eigenvalue weighted by Gasteiger charge is -2.30. The van der Waals surface area contributed by atoms with E-state index < -0.39 is 0 Å². The van der Waals surface area contributed by atoms with Crippen LogP contribution >= 0.6 is 0 Å². The first kappa shape index (κ1) is 15.2. The molecule has 0 aromatic carbocycles. The predicted molar refractivity (Wildman–Crippen MR) is 96.9 cm³/mol. The third-order valence-electron chi connectivity index (χ3n) is 5.14. The second-order valence-corrected chi connectivity index (χ2v) is 6.72. The summed E-state index contributed by atoms with van der Waals surface area (Å²) in [5, 5.41) is 0. The molecule has 3 aromatic heterocycles. The van der Waals surface area contributed by atoms with Crippen LogP contribution in [0.25, 0.3) is 11.4 Å². The normalized spacial score (nSPS) is 15.6. The van der Waals surface area contributed by atoms with Crippen molar-refractivity contribution in [2.75, 3.05) is 11.4 Å². The minimum atomic E-state index is -0.0575. The van der Waals surface area contributed by atoms with E-state index in [4.69, 9.17) is 9.97 Å². The molecule has 0 fully saturated rings. The fraction of sp³-hybridized carbons (Fsp3) is 0.316. The van der Waals surface area contributed by atoms with Gasteiger partial charge in [0.25, 0.3) is 5.56 Å². The SMILES string of the molecule is O=c1[nH]cnc2c1CN(c1nc(-c3cccnc3)nc3c1CCC3)CC2. The van der Waals surface area contributed by atoms with E-state index in [2.05, 4.69) is 19.9 Å². The number of hydrogen-bond acceptors (Lipinski definition) is 6. The van der Waals surface area contributed by atoms with E-state index in [0.29, 0.717) is 12.4 Å². The van der Waals surface area contributed by atoms with E-state index in [-0.39, 0.29) is 5.56 Å². The molecule has 1 aliphatic heterocycles. The molecule has 5 rings (SSSR count). The zero-order chi connectivity index (χ0) is 17.5. The molecular weight excluding hydrogens is 328 g/mol. The molecule has 0 bridgehead atoms. The first-order valence-corrected chi connectivity index (χ1v) is 8.90. The molecule has 0 saturated heterocycles. The molecule has 7 nitrogen and oxygen atoms in total. The molecular formula is C19H18N6O. The highest BCUT2D eigenvalue weighted by Gasteiger charge is 2.27. The van der Waals surface area contributed by atoms with Crippen molar-refractivity contribution in [3.05, 3.63) is 63.7 Å². The summed E-state index contributed by atoms with van der Waals surface area (Å²) >= 11 is 0. The Bertz CT molecular complexity index is 1030. The molecule has 7 heteroatoms. The van der Waals surface area contributed by atoms with Gasteiger partial charge in [0.2, 0.25) is 0 Å². The molecule has 130 valence electrons. The largest absolute Gasteiger partial charge is 0.351 e. The number of hydrogen-bond donors (Lipinski definition) is 1. The third kappa shape index (κ3) is 2.47. The number of fused-ring (bicyclic) bond motifs is 2. The third-order valence-corrected chi connectivity index (χ3v) is 5.14. The summed E-state index contributed by atoms with van der Waals surface area (Å²) in [7, 11) is 0. The number of H-pyrrole nitrogens is 1. The van der Waals surface area contributed by atoms with E-state index in [0.717, 1.165) is 60.6 Å². The smallest absolute Gasteiger partial charge is 0.255 e. The Morgan fingerprint density at radius 1 is 1.08 bits per heavy atom. The van der Waals surface area contributed by atoms with E-state index in [1.165, 1.54) is 11.9 Å². The average molecular weight is 346 g/mol. The van der Waals surface area contributed by atoms with Crippen molar-refractivity contribution in [3.8, 4) is 11.4 Å². The molecule has 3 aromatic rings. The van der Waals surface area contributed by atoms with Gasteiger partial charge < -0.3 is 9.88 Å². The Morgan fingerprint density at radius 2 is 2.04 bits per heavy atom. The number of aromatic nitrogens is 5. The Balaban J connectivity index is 1.60. The first-order chi connectivity index (χ1) is 12.8. The standard InChI is InChI=1S/C19H18N6O/c26-19-14-10-25(8-6-15(14)21-11-22-19)18-13-4-1-5-16(13)23-17(24-18)12-3-2-7-20-9-12/h2-3,7,9,11H,1,4-6,8,10H2,(H,21,22,26). The lowest BCUT2D eigenvalue weighted by atomic mass is 10.1. The molecule has 0 spiro atoms. The number of nitrogens with zero attached hydrogens (tertiary/aromatic N) is 5. The monoisotopic (exact) mass is 346 g/mol. The van der Waals surface area contributed by atoms with Crippen molar-refractivity contribution in [3.63, 3.8) is 0 Å².